The number of Topliss-reactive ketones (excluding diaryl/α,β-unsaturated/α-hetero) is 1. The highest BCUT2D eigenvalue weighted by Gasteiger charge is 2.16. The fraction of sp³-hybridized carbons (Fsp3) is 0.211. The van der Waals surface area contributed by atoms with Gasteiger partial charge in [0.2, 0.25) is 10.0 Å². The van der Waals surface area contributed by atoms with Gasteiger partial charge in [-0.05, 0) is 30.7 Å². The highest BCUT2D eigenvalue weighted by molar-refractivity contribution is 7.89. The number of hydrogen-bond donors (Lipinski definition) is 1. The highest BCUT2D eigenvalue weighted by atomic mass is 32.2. The zero-order valence-corrected chi connectivity index (χ0v) is 14.6. The molecule has 0 saturated carbocycles. The third-order valence-electron chi connectivity index (χ3n) is 3.60. The zero-order chi connectivity index (χ0) is 17.6. The van der Waals surface area contributed by atoms with Crippen LogP contribution in [0.5, 0.6) is 0 Å². The second kappa shape index (κ2) is 8.04. The Morgan fingerprint density at radius 3 is 2.25 bits per heavy atom. The molecule has 0 unspecified atom stereocenters. The molecule has 4 nitrogen and oxygen atoms in total. The van der Waals surface area contributed by atoms with Crippen LogP contribution in [0.15, 0.2) is 65.1 Å². The minimum atomic E-state index is -3.65. The molecule has 0 aliphatic carbocycles. The van der Waals surface area contributed by atoms with Crippen molar-refractivity contribution in [2.24, 2.45) is 0 Å². The average Bonchev–Trinajstić information content (AvgIpc) is 2.59. The van der Waals surface area contributed by atoms with Gasteiger partial charge in [-0.25, -0.2) is 13.1 Å². The molecule has 1 N–H and O–H groups in total. The van der Waals surface area contributed by atoms with E-state index in [2.05, 4.69) is 4.72 Å². The van der Waals surface area contributed by atoms with Crippen LogP contribution in [-0.2, 0) is 14.8 Å². The van der Waals surface area contributed by atoms with E-state index in [0.29, 0.717) is 12.0 Å². The molecule has 0 bridgehead atoms. The topological polar surface area (TPSA) is 63.2 Å². The molecule has 2 rings (SSSR count). The van der Waals surface area contributed by atoms with Crippen molar-refractivity contribution in [3.63, 3.8) is 0 Å². The summed E-state index contributed by atoms with van der Waals surface area (Å²) < 4.78 is 27.2. The van der Waals surface area contributed by atoms with Gasteiger partial charge >= 0.3 is 0 Å². The quantitative estimate of drug-likeness (QED) is 0.784. The molecule has 24 heavy (non-hydrogen) atoms. The van der Waals surface area contributed by atoms with Gasteiger partial charge in [0, 0.05) is 18.5 Å². The number of nitrogens with one attached hydrogen (secondary N) is 1. The molecule has 0 radical (unpaired) electrons. The summed E-state index contributed by atoms with van der Waals surface area (Å²) in [4.78, 5) is 12.3. The van der Waals surface area contributed by atoms with E-state index in [1.54, 1.807) is 37.3 Å². The van der Waals surface area contributed by atoms with Crippen molar-refractivity contribution in [1.82, 2.24) is 4.72 Å². The first kappa shape index (κ1) is 18.1. The van der Waals surface area contributed by atoms with Crippen LogP contribution in [0.4, 0.5) is 0 Å². The second-order valence-electron chi connectivity index (χ2n) is 5.49. The molecule has 0 fully saturated rings. The summed E-state index contributed by atoms with van der Waals surface area (Å²) in [6.07, 6.45) is 2.05. The van der Waals surface area contributed by atoms with E-state index < -0.39 is 10.0 Å². The third kappa shape index (κ3) is 4.88. The summed E-state index contributed by atoms with van der Waals surface area (Å²) in [5, 5.41) is 0. The largest absolute Gasteiger partial charge is 0.295 e. The maximum Gasteiger partial charge on any atom is 0.240 e. The van der Waals surface area contributed by atoms with Crippen LogP contribution in [0.25, 0.3) is 6.08 Å². The van der Waals surface area contributed by atoms with Crippen molar-refractivity contribution in [1.29, 1.82) is 0 Å². The Hall–Kier alpha value is -2.24. The summed E-state index contributed by atoms with van der Waals surface area (Å²) in [5.41, 5.74) is 2.29. The molecule has 0 heterocycles. The van der Waals surface area contributed by atoms with Crippen LogP contribution in [0, 0.1) is 6.92 Å². The lowest BCUT2D eigenvalue weighted by atomic mass is 10.1. The van der Waals surface area contributed by atoms with Gasteiger partial charge in [-0.3, -0.25) is 4.79 Å². The van der Waals surface area contributed by atoms with Crippen LogP contribution in [0.3, 0.4) is 0 Å². The van der Waals surface area contributed by atoms with E-state index in [1.165, 1.54) is 0 Å². The number of ketones is 1. The Morgan fingerprint density at radius 2 is 1.67 bits per heavy atom. The molecular formula is C19H21NO3S. The Morgan fingerprint density at radius 1 is 1.04 bits per heavy atom. The lowest BCUT2D eigenvalue weighted by molar-refractivity contribution is -0.115. The zero-order valence-electron chi connectivity index (χ0n) is 13.8. The van der Waals surface area contributed by atoms with Gasteiger partial charge < -0.3 is 0 Å². The predicted octanol–water partition coefficient (Wildman–Crippen LogP) is 3.34. The first-order valence-corrected chi connectivity index (χ1v) is 9.26. The van der Waals surface area contributed by atoms with Crippen LogP contribution in [0.2, 0.25) is 0 Å². The average molecular weight is 343 g/mol. The normalized spacial score (nSPS) is 12.2. The van der Waals surface area contributed by atoms with Crippen molar-refractivity contribution in [2.45, 2.75) is 25.2 Å². The number of benzene rings is 2. The van der Waals surface area contributed by atoms with Crippen LogP contribution in [0.1, 0.15) is 24.5 Å². The monoisotopic (exact) mass is 343 g/mol. The molecule has 2 aromatic rings. The molecule has 0 aliphatic rings. The van der Waals surface area contributed by atoms with Gasteiger partial charge in [0.1, 0.15) is 0 Å². The van der Waals surface area contributed by atoms with E-state index in [-0.39, 0.29) is 17.2 Å². The van der Waals surface area contributed by atoms with E-state index >= 15 is 0 Å². The fourth-order valence-electron chi connectivity index (χ4n) is 2.18. The summed E-state index contributed by atoms with van der Waals surface area (Å²) in [6.45, 7) is 3.62. The van der Waals surface area contributed by atoms with Crippen molar-refractivity contribution in [3.05, 3.63) is 71.3 Å². The van der Waals surface area contributed by atoms with Gasteiger partial charge in [0.05, 0.1) is 4.90 Å². The van der Waals surface area contributed by atoms with Crippen molar-refractivity contribution >= 4 is 21.9 Å². The smallest absolute Gasteiger partial charge is 0.240 e. The fourth-order valence-corrected chi connectivity index (χ4v) is 3.19. The molecule has 0 spiro atoms. The third-order valence-corrected chi connectivity index (χ3v) is 5.02. The van der Waals surface area contributed by atoms with E-state index in [0.717, 1.165) is 11.1 Å². The van der Waals surface area contributed by atoms with Gasteiger partial charge in [-0.2, -0.15) is 0 Å². The first-order valence-electron chi connectivity index (χ1n) is 7.77. The molecule has 0 saturated heterocycles. The van der Waals surface area contributed by atoms with Crippen molar-refractivity contribution in [3.8, 4) is 0 Å². The summed E-state index contributed by atoms with van der Waals surface area (Å²) >= 11 is 0. The van der Waals surface area contributed by atoms with Crippen LogP contribution < -0.4 is 4.72 Å². The molecule has 0 amide bonds. The summed E-state index contributed by atoms with van der Waals surface area (Å²) in [5.74, 6) is -0.0783. The maximum absolute atomic E-state index is 12.4. The molecule has 0 atom stereocenters. The Labute approximate surface area is 143 Å². The minimum absolute atomic E-state index is 0.0300. The van der Waals surface area contributed by atoms with Crippen LogP contribution in [-0.4, -0.2) is 20.7 Å². The van der Waals surface area contributed by atoms with Gasteiger partial charge in [-0.1, -0.05) is 55.0 Å². The SMILES string of the molecule is CCC(=O)/C(=C\c1ccccc1)CNS(=O)(=O)c1ccc(C)cc1. The van der Waals surface area contributed by atoms with Gasteiger partial charge in [-0.15, -0.1) is 0 Å². The summed E-state index contributed by atoms with van der Waals surface area (Å²) in [6, 6.07) is 16.0. The molecule has 0 aromatic heterocycles. The molecule has 2 aromatic carbocycles. The summed E-state index contributed by atoms with van der Waals surface area (Å²) in [7, 11) is -3.65. The number of carbonyl (C=O) groups is 1. The highest BCUT2D eigenvalue weighted by Crippen LogP contribution is 2.12. The van der Waals surface area contributed by atoms with E-state index in [1.807, 2.05) is 37.3 Å². The van der Waals surface area contributed by atoms with Gasteiger partial charge in [0.25, 0.3) is 0 Å². The lowest BCUT2D eigenvalue weighted by Gasteiger charge is -2.09. The van der Waals surface area contributed by atoms with E-state index in [9.17, 15) is 13.2 Å². The predicted molar refractivity (Wildman–Crippen MR) is 96.1 cm³/mol. The number of rotatable bonds is 7. The molecular weight excluding hydrogens is 322 g/mol. The number of aryl methyl sites for hydroxylation is 1. The molecule has 5 heteroatoms. The van der Waals surface area contributed by atoms with Crippen molar-refractivity contribution < 1.29 is 13.2 Å². The Balaban J connectivity index is 2.20. The standard InChI is InChI=1S/C19H21NO3S/c1-3-19(21)17(13-16-7-5-4-6-8-16)14-20-24(22,23)18-11-9-15(2)10-12-18/h4-13,20H,3,14H2,1-2H3/b17-13-. The number of carbonyl (C=O) groups excluding carboxylic acids is 1. The Kier molecular flexibility index (Phi) is 6.06. The van der Waals surface area contributed by atoms with Crippen LogP contribution >= 0.6 is 0 Å². The number of sulfonamides is 1. The van der Waals surface area contributed by atoms with Crippen molar-refractivity contribution in [2.75, 3.05) is 6.54 Å². The first-order chi connectivity index (χ1) is 11.4. The Bertz CT molecular complexity index is 823. The molecule has 126 valence electrons. The second-order valence-corrected chi connectivity index (χ2v) is 7.26. The minimum Gasteiger partial charge on any atom is -0.295 e. The van der Waals surface area contributed by atoms with Gasteiger partial charge in [0.15, 0.2) is 5.78 Å². The molecule has 0 aliphatic heterocycles. The maximum atomic E-state index is 12.4. The lowest BCUT2D eigenvalue weighted by Crippen LogP contribution is -2.28. The number of hydrogen-bond acceptors (Lipinski definition) is 3. The van der Waals surface area contributed by atoms with E-state index in [4.69, 9.17) is 0 Å².